The first-order valence-electron chi connectivity index (χ1n) is 16.9. The summed E-state index contributed by atoms with van der Waals surface area (Å²) in [5, 5.41) is 29.6. The quantitative estimate of drug-likeness (QED) is 0.0652. The molecule has 0 fully saturated rings. The number of hydrogen-bond donors (Lipinski definition) is 3. The van der Waals surface area contributed by atoms with Crippen molar-refractivity contribution in [2.45, 2.75) is 39.3 Å². The van der Waals surface area contributed by atoms with Crippen molar-refractivity contribution < 1.29 is 47.4 Å². The molecule has 0 aliphatic heterocycles. The third kappa shape index (κ3) is 16.8. The number of quaternary nitrogens is 1. The van der Waals surface area contributed by atoms with E-state index in [1.165, 1.54) is 55.8 Å². The van der Waals surface area contributed by atoms with Crippen molar-refractivity contribution >= 4 is 6.09 Å². The molecule has 0 radical (unpaired) electrons. The molecule has 3 aromatic heterocycles. The molecule has 15 heteroatoms. The molecule has 2 unspecified atom stereocenters. The Bertz CT molecular complexity index is 1950. The lowest BCUT2D eigenvalue weighted by Crippen LogP contribution is -2.53. The van der Waals surface area contributed by atoms with Gasteiger partial charge >= 0.3 is 6.09 Å². The summed E-state index contributed by atoms with van der Waals surface area (Å²) in [6, 6.07) is 32.9. The molecule has 6 rings (SSSR count). The molecule has 56 heavy (non-hydrogen) atoms. The number of rotatable bonds is 12. The molecule has 3 heterocycles. The largest absolute Gasteiger partial charge is 0.597 e. The van der Waals surface area contributed by atoms with Gasteiger partial charge in [0.15, 0.2) is 6.17 Å². The van der Waals surface area contributed by atoms with Gasteiger partial charge in [0.2, 0.25) is 33.5 Å². The second-order valence-corrected chi connectivity index (χ2v) is 11.5. The monoisotopic (exact) mass is 770 g/mol. The van der Waals surface area contributed by atoms with E-state index in [1.54, 1.807) is 6.92 Å². The van der Waals surface area contributed by atoms with E-state index < -0.39 is 17.1 Å². The first-order chi connectivity index (χ1) is 27.0. The van der Waals surface area contributed by atoms with Crippen molar-refractivity contribution in [1.29, 1.82) is 0 Å². The highest BCUT2D eigenvalue weighted by Crippen LogP contribution is 2.09. The van der Waals surface area contributed by atoms with Crippen LogP contribution in [0.4, 0.5) is 4.79 Å². The van der Waals surface area contributed by atoms with Gasteiger partial charge in [0.1, 0.15) is 38.6 Å². The van der Waals surface area contributed by atoms with E-state index in [2.05, 4.69) is 0 Å². The molecule has 0 spiro atoms. The Morgan fingerprint density at radius 2 is 0.929 bits per heavy atom. The minimum absolute atomic E-state index is 0.169. The maximum absolute atomic E-state index is 11.3. The van der Waals surface area contributed by atoms with Crippen LogP contribution in [0.1, 0.15) is 30.0 Å². The van der Waals surface area contributed by atoms with Crippen LogP contribution in [0.3, 0.4) is 0 Å². The summed E-state index contributed by atoms with van der Waals surface area (Å²) >= 11 is 0. The summed E-state index contributed by atoms with van der Waals surface area (Å²) in [6.07, 6.45) is 5.83. The zero-order chi connectivity index (χ0) is 40.6. The topological polar surface area (TPSA) is 211 Å². The molecule has 6 aromatic rings. The third-order valence-corrected chi connectivity index (χ3v) is 7.11. The lowest BCUT2D eigenvalue weighted by Gasteiger charge is -2.35. The highest BCUT2D eigenvalue weighted by molar-refractivity contribution is 5.64. The SMILES string of the molecule is CCC(NC(=O)O)[N+](C)([O-])O.O=c1ccocc1OCc1ccccc1.O=c1ccocc1OCc1ccccc1.O=c1ccocc1OCc1ccccc1. The lowest BCUT2D eigenvalue weighted by atomic mass is 10.2. The number of carboxylic acid groups (broad SMARTS) is 1. The number of nitrogens with zero attached hydrogens (tertiary/aromatic N) is 1. The number of carbonyl (C=O) groups is 1. The molecule has 1 amide bonds. The van der Waals surface area contributed by atoms with Gasteiger partial charge in [-0.3, -0.25) is 19.7 Å². The van der Waals surface area contributed by atoms with Crippen molar-refractivity contribution in [2.24, 2.45) is 0 Å². The molecule has 3 aromatic carbocycles. The van der Waals surface area contributed by atoms with E-state index in [1.807, 2.05) is 96.3 Å². The van der Waals surface area contributed by atoms with Crippen molar-refractivity contribution in [3.05, 3.63) is 199 Å². The lowest BCUT2D eigenvalue weighted by molar-refractivity contribution is -1.07. The van der Waals surface area contributed by atoms with Gasteiger partial charge in [-0.2, -0.15) is 4.81 Å². The highest BCUT2D eigenvalue weighted by atomic mass is 16.8. The van der Waals surface area contributed by atoms with E-state index >= 15 is 0 Å². The maximum Gasteiger partial charge on any atom is 0.409 e. The molecule has 15 nitrogen and oxygen atoms in total. The molecule has 0 aliphatic rings. The van der Waals surface area contributed by atoms with Crippen LogP contribution in [0.25, 0.3) is 0 Å². The molecule has 2 atom stereocenters. The minimum atomic E-state index is -1.64. The molecule has 0 saturated carbocycles. The Balaban J connectivity index is 0.000000202. The van der Waals surface area contributed by atoms with Crippen LogP contribution in [0, 0.1) is 5.21 Å². The van der Waals surface area contributed by atoms with Crippen LogP contribution < -0.4 is 35.8 Å². The predicted molar refractivity (Wildman–Crippen MR) is 204 cm³/mol. The molecule has 0 aliphatic carbocycles. The van der Waals surface area contributed by atoms with Gasteiger partial charge < -0.3 is 37.8 Å². The van der Waals surface area contributed by atoms with E-state index in [9.17, 15) is 24.4 Å². The van der Waals surface area contributed by atoms with Gasteiger partial charge in [0, 0.05) is 24.6 Å². The van der Waals surface area contributed by atoms with Crippen LogP contribution >= 0.6 is 0 Å². The summed E-state index contributed by atoms with van der Waals surface area (Å²) in [7, 11) is 0.962. The van der Waals surface area contributed by atoms with Crippen LogP contribution in [-0.4, -0.2) is 34.4 Å². The van der Waals surface area contributed by atoms with Gasteiger partial charge in [-0.15, -0.1) is 0 Å². The number of benzene rings is 3. The summed E-state index contributed by atoms with van der Waals surface area (Å²) in [5.41, 5.74) is 2.54. The van der Waals surface area contributed by atoms with Crippen LogP contribution in [0.2, 0.25) is 0 Å². The summed E-state index contributed by atoms with van der Waals surface area (Å²) in [6.45, 7) is 2.71. The second-order valence-electron chi connectivity index (χ2n) is 11.5. The van der Waals surface area contributed by atoms with Crippen LogP contribution in [-0.2, 0) is 19.8 Å². The van der Waals surface area contributed by atoms with E-state index in [4.69, 9.17) is 37.8 Å². The zero-order valence-electron chi connectivity index (χ0n) is 30.6. The van der Waals surface area contributed by atoms with Gasteiger partial charge in [0.25, 0.3) is 0 Å². The number of amides is 1. The van der Waals surface area contributed by atoms with Crippen molar-refractivity contribution in [1.82, 2.24) is 5.32 Å². The summed E-state index contributed by atoms with van der Waals surface area (Å²) in [4.78, 5) is 42.2. The summed E-state index contributed by atoms with van der Waals surface area (Å²) < 4.78 is 30.5. The third-order valence-electron chi connectivity index (χ3n) is 7.11. The van der Waals surface area contributed by atoms with Gasteiger partial charge in [-0.25, -0.2) is 10.0 Å². The van der Waals surface area contributed by atoms with Crippen molar-refractivity contribution in [3.63, 3.8) is 0 Å². The minimum Gasteiger partial charge on any atom is -0.597 e. The van der Waals surface area contributed by atoms with Crippen molar-refractivity contribution in [3.8, 4) is 17.2 Å². The Morgan fingerprint density at radius 1 is 0.625 bits per heavy atom. The molecular weight excluding hydrogens is 728 g/mol. The van der Waals surface area contributed by atoms with E-state index in [0.717, 1.165) is 23.7 Å². The fourth-order valence-corrected chi connectivity index (χ4v) is 4.25. The smallest absolute Gasteiger partial charge is 0.409 e. The first-order valence-corrected chi connectivity index (χ1v) is 16.9. The average molecular weight is 771 g/mol. The number of hydroxylamine groups is 4. The fraction of sp³-hybridized carbons (Fsp3) is 0.171. The van der Waals surface area contributed by atoms with Crippen molar-refractivity contribution in [2.75, 3.05) is 7.05 Å². The van der Waals surface area contributed by atoms with Gasteiger partial charge in [-0.1, -0.05) is 97.9 Å². The van der Waals surface area contributed by atoms with E-state index in [-0.39, 0.29) is 40.0 Å². The number of hydrogen-bond acceptors (Lipinski definition) is 12. The fourth-order valence-electron chi connectivity index (χ4n) is 4.25. The highest BCUT2D eigenvalue weighted by Gasteiger charge is 2.22. The van der Waals surface area contributed by atoms with Gasteiger partial charge in [-0.05, 0) is 16.7 Å². The Kier molecular flexibility index (Phi) is 18.4. The Labute approximate surface area is 321 Å². The zero-order valence-corrected chi connectivity index (χ0v) is 30.6. The Hall–Kier alpha value is -6.94. The number of ether oxygens (including phenoxy) is 3. The molecule has 3 N–H and O–H groups in total. The molecule has 0 saturated heterocycles. The summed E-state index contributed by atoms with van der Waals surface area (Å²) in [5.74, 6) is 0.712. The maximum atomic E-state index is 11.3. The standard InChI is InChI=1S/3C12H10O3.C5H12N2O4/c3*13-11-6-7-14-9-12(11)15-8-10-4-2-1-3-5-10;1-3-4(6-5(8)9)7(2,10)11/h3*1-7,9H,8H2;4,6,10H,3H2,1-2H3,(H,8,9). The average Bonchev–Trinajstić information content (AvgIpc) is 3.20. The van der Waals surface area contributed by atoms with Crippen LogP contribution in [0.5, 0.6) is 17.2 Å². The molecular formula is C41H42N2O13. The predicted octanol–water partition coefficient (Wildman–Crippen LogP) is 6.98. The molecule has 0 bridgehead atoms. The van der Waals surface area contributed by atoms with Crippen LogP contribution in [0.15, 0.2) is 174 Å². The first kappa shape index (κ1) is 43.5. The number of nitrogens with one attached hydrogen (secondary N) is 1. The molecule has 294 valence electrons. The normalized spacial score (nSPS) is 11.6. The van der Waals surface area contributed by atoms with Gasteiger partial charge in [0.05, 0.1) is 25.8 Å². The van der Waals surface area contributed by atoms with E-state index in [0.29, 0.717) is 19.8 Å². The second kappa shape index (κ2) is 23.7. The Morgan fingerprint density at radius 3 is 1.14 bits per heavy atom.